The molecular weight excluding hydrogens is 236 g/mol. The van der Waals surface area contributed by atoms with Crippen molar-refractivity contribution in [2.75, 3.05) is 17.2 Å². The van der Waals surface area contributed by atoms with Gasteiger partial charge in [-0.15, -0.1) is 0 Å². The van der Waals surface area contributed by atoms with Crippen LogP contribution in [-0.4, -0.2) is 16.8 Å². The predicted molar refractivity (Wildman–Crippen MR) is 55.4 cm³/mol. The minimum Gasteiger partial charge on any atom is -0.379 e. The van der Waals surface area contributed by atoms with E-state index in [0.717, 1.165) is 5.33 Å². The van der Waals surface area contributed by atoms with E-state index in [9.17, 15) is 10.1 Å². The first-order valence-electron chi connectivity index (χ1n) is 3.79. The van der Waals surface area contributed by atoms with Crippen LogP contribution in [0.15, 0.2) is 24.3 Å². The highest BCUT2D eigenvalue weighted by molar-refractivity contribution is 9.09. The molecule has 1 rings (SSSR count). The van der Waals surface area contributed by atoms with Crippen LogP contribution in [0.25, 0.3) is 0 Å². The van der Waals surface area contributed by atoms with Crippen molar-refractivity contribution >= 4 is 27.3 Å². The first-order chi connectivity index (χ1) is 6.25. The Hall–Kier alpha value is -1.10. The molecule has 0 aromatic heterocycles. The Balaban J connectivity index is 2.84. The van der Waals surface area contributed by atoms with E-state index in [4.69, 9.17) is 0 Å². The summed E-state index contributed by atoms with van der Waals surface area (Å²) in [6.45, 7) is 0.671. The first kappa shape index (κ1) is 9.98. The van der Waals surface area contributed by atoms with E-state index in [1.807, 2.05) is 0 Å². The van der Waals surface area contributed by atoms with Crippen LogP contribution in [0.1, 0.15) is 0 Å². The minimum absolute atomic E-state index is 0.114. The molecule has 0 spiro atoms. The van der Waals surface area contributed by atoms with Gasteiger partial charge in [-0.05, 0) is 6.07 Å². The molecule has 0 unspecified atom stereocenters. The molecule has 0 radical (unpaired) electrons. The molecule has 0 fully saturated rings. The van der Waals surface area contributed by atoms with E-state index >= 15 is 0 Å². The number of halogens is 1. The highest BCUT2D eigenvalue weighted by atomic mass is 79.9. The monoisotopic (exact) mass is 244 g/mol. The molecule has 70 valence electrons. The maximum absolute atomic E-state index is 10.5. The second-order valence-corrected chi connectivity index (χ2v) is 3.18. The third-order valence-electron chi connectivity index (χ3n) is 1.51. The summed E-state index contributed by atoms with van der Waals surface area (Å²) in [5, 5.41) is 14.3. The summed E-state index contributed by atoms with van der Waals surface area (Å²) in [4.78, 5) is 10.1. The lowest BCUT2D eigenvalue weighted by Gasteiger charge is -2.03. The predicted octanol–water partition coefficient (Wildman–Crippen LogP) is 2.40. The molecule has 1 aromatic carbocycles. The first-order valence-corrected chi connectivity index (χ1v) is 4.91. The van der Waals surface area contributed by atoms with Crippen molar-refractivity contribution in [1.29, 1.82) is 0 Å². The van der Waals surface area contributed by atoms with Gasteiger partial charge in [-0.3, -0.25) is 10.1 Å². The zero-order valence-electron chi connectivity index (χ0n) is 6.87. The number of alkyl halides is 1. The average molecular weight is 245 g/mol. The number of hydrogen-bond donors (Lipinski definition) is 1. The second kappa shape index (κ2) is 4.81. The van der Waals surface area contributed by atoms with Crippen LogP contribution in [0, 0.1) is 10.1 Å². The Morgan fingerprint density at radius 2 is 2.15 bits per heavy atom. The van der Waals surface area contributed by atoms with Crippen LogP contribution in [0.2, 0.25) is 0 Å². The maximum Gasteiger partial charge on any atom is 0.292 e. The third kappa shape index (κ3) is 2.69. The zero-order valence-corrected chi connectivity index (χ0v) is 8.45. The molecule has 0 aliphatic heterocycles. The molecule has 0 bridgehead atoms. The lowest BCUT2D eigenvalue weighted by Crippen LogP contribution is -2.04. The van der Waals surface area contributed by atoms with E-state index in [1.165, 1.54) is 6.07 Å². The van der Waals surface area contributed by atoms with Gasteiger partial charge in [0.15, 0.2) is 0 Å². The lowest BCUT2D eigenvalue weighted by molar-refractivity contribution is -0.384. The molecule has 0 amide bonds. The number of nitro benzene ring substituents is 1. The number of anilines is 1. The van der Waals surface area contributed by atoms with Gasteiger partial charge < -0.3 is 5.32 Å². The van der Waals surface area contributed by atoms with Crippen LogP contribution >= 0.6 is 15.9 Å². The van der Waals surface area contributed by atoms with Crippen molar-refractivity contribution in [3.05, 3.63) is 34.4 Å². The van der Waals surface area contributed by atoms with Gasteiger partial charge in [-0.2, -0.15) is 0 Å². The lowest BCUT2D eigenvalue weighted by atomic mass is 10.3. The van der Waals surface area contributed by atoms with E-state index in [0.29, 0.717) is 12.2 Å². The number of hydrogen-bond acceptors (Lipinski definition) is 3. The molecule has 1 aromatic rings. The molecule has 0 saturated carbocycles. The number of benzene rings is 1. The number of para-hydroxylation sites is 2. The number of rotatable bonds is 4. The Labute approximate surface area is 84.2 Å². The van der Waals surface area contributed by atoms with Gasteiger partial charge in [0.05, 0.1) is 4.92 Å². The molecular formula is C8H9BrN2O2. The Morgan fingerprint density at radius 3 is 2.77 bits per heavy atom. The van der Waals surface area contributed by atoms with Crippen LogP contribution < -0.4 is 5.32 Å². The van der Waals surface area contributed by atoms with Crippen molar-refractivity contribution in [1.82, 2.24) is 0 Å². The van der Waals surface area contributed by atoms with Crippen molar-refractivity contribution < 1.29 is 4.92 Å². The summed E-state index contributed by atoms with van der Waals surface area (Å²) >= 11 is 3.24. The van der Waals surface area contributed by atoms with Crippen molar-refractivity contribution in [2.24, 2.45) is 0 Å². The quantitative estimate of drug-likeness (QED) is 0.503. The molecule has 13 heavy (non-hydrogen) atoms. The SMILES string of the molecule is O=[N+]([O-])c1ccccc1NCCBr. The zero-order chi connectivity index (χ0) is 9.68. The fourth-order valence-electron chi connectivity index (χ4n) is 0.964. The number of nitrogens with zero attached hydrogens (tertiary/aromatic N) is 1. The Kier molecular flexibility index (Phi) is 3.70. The molecule has 0 saturated heterocycles. The summed E-state index contributed by atoms with van der Waals surface area (Å²) in [5.74, 6) is 0. The fourth-order valence-corrected chi connectivity index (χ4v) is 1.16. The maximum atomic E-state index is 10.5. The normalized spacial score (nSPS) is 9.62. The van der Waals surface area contributed by atoms with Gasteiger partial charge in [-0.1, -0.05) is 28.1 Å². The largest absolute Gasteiger partial charge is 0.379 e. The van der Waals surface area contributed by atoms with Gasteiger partial charge in [0, 0.05) is 17.9 Å². The summed E-state index contributed by atoms with van der Waals surface area (Å²) in [7, 11) is 0. The molecule has 5 heteroatoms. The van der Waals surface area contributed by atoms with Crippen molar-refractivity contribution in [3.8, 4) is 0 Å². The smallest absolute Gasteiger partial charge is 0.292 e. The van der Waals surface area contributed by atoms with Gasteiger partial charge in [-0.25, -0.2) is 0 Å². The van der Waals surface area contributed by atoms with Crippen LogP contribution in [-0.2, 0) is 0 Å². The molecule has 0 atom stereocenters. The fraction of sp³-hybridized carbons (Fsp3) is 0.250. The standard InChI is InChI=1S/C8H9BrN2O2/c9-5-6-10-7-3-1-2-4-8(7)11(12)13/h1-4,10H,5-6H2. The highest BCUT2D eigenvalue weighted by Gasteiger charge is 2.10. The van der Waals surface area contributed by atoms with E-state index in [-0.39, 0.29) is 5.69 Å². The Morgan fingerprint density at radius 1 is 1.46 bits per heavy atom. The highest BCUT2D eigenvalue weighted by Crippen LogP contribution is 2.22. The summed E-state index contributed by atoms with van der Waals surface area (Å²) < 4.78 is 0. The van der Waals surface area contributed by atoms with Crippen LogP contribution in [0.5, 0.6) is 0 Å². The van der Waals surface area contributed by atoms with Gasteiger partial charge in [0.25, 0.3) is 5.69 Å². The summed E-state index contributed by atoms with van der Waals surface area (Å²) in [6.07, 6.45) is 0. The van der Waals surface area contributed by atoms with E-state index in [1.54, 1.807) is 18.2 Å². The van der Waals surface area contributed by atoms with E-state index < -0.39 is 4.92 Å². The van der Waals surface area contributed by atoms with Crippen molar-refractivity contribution in [2.45, 2.75) is 0 Å². The van der Waals surface area contributed by atoms with E-state index in [2.05, 4.69) is 21.2 Å². The number of nitrogens with one attached hydrogen (secondary N) is 1. The number of nitro groups is 1. The molecule has 0 aliphatic rings. The van der Waals surface area contributed by atoms with Crippen molar-refractivity contribution in [3.63, 3.8) is 0 Å². The third-order valence-corrected chi connectivity index (χ3v) is 1.91. The minimum atomic E-state index is -0.392. The van der Waals surface area contributed by atoms with Crippen LogP contribution in [0.4, 0.5) is 11.4 Å². The average Bonchev–Trinajstić information content (AvgIpc) is 2.15. The molecule has 0 aliphatic carbocycles. The summed E-state index contributed by atoms with van der Waals surface area (Å²) in [5.41, 5.74) is 0.676. The topological polar surface area (TPSA) is 55.2 Å². The van der Waals surface area contributed by atoms with Gasteiger partial charge in [0.1, 0.15) is 5.69 Å². The second-order valence-electron chi connectivity index (χ2n) is 2.39. The molecule has 4 nitrogen and oxygen atoms in total. The van der Waals surface area contributed by atoms with Crippen LogP contribution in [0.3, 0.4) is 0 Å². The van der Waals surface area contributed by atoms with Gasteiger partial charge in [0.2, 0.25) is 0 Å². The molecule has 0 heterocycles. The summed E-state index contributed by atoms with van der Waals surface area (Å²) in [6, 6.07) is 6.60. The van der Waals surface area contributed by atoms with Gasteiger partial charge >= 0.3 is 0 Å². The molecule has 1 N–H and O–H groups in total. The Bertz CT molecular complexity index is 304.